The largest absolute Gasteiger partial charge is 0.497 e. The molecule has 0 aliphatic heterocycles. The highest BCUT2D eigenvalue weighted by molar-refractivity contribution is 7.90. The normalized spacial score (nSPS) is 13.4. The molecule has 1 atom stereocenters. The molecule has 0 aromatic heterocycles. The second-order valence-corrected chi connectivity index (χ2v) is 6.29. The third-order valence-corrected chi connectivity index (χ3v) is 3.62. The van der Waals surface area contributed by atoms with Crippen molar-refractivity contribution in [2.45, 2.75) is 12.5 Å². The van der Waals surface area contributed by atoms with Crippen molar-refractivity contribution in [3.05, 3.63) is 29.8 Å². The summed E-state index contributed by atoms with van der Waals surface area (Å²) in [5, 5.41) is 3.12. The maximum Gasteiger partial charge on any atom is 0.147 e. The summed E-state index contributed by atoms with van der Waals surface area (Å²) in [5.41, 5.74) is 1.07. The number of ether oxygens (including phenoxy) is 1. The van der Waals surface area contributed by atoms with Crippen LogP contribution in [0.15, 0.2) is 24.3 Å². The molecule has 1 aromatic carbocycles. The summed E-state index contributed by atoms with van der Waals surface area (Å²) in [5.74, 6) is 0.983. The van der Waals surface area contributed by atoms with Crippen LogP contribution in [0.4, 0.5) is 0 Å². The van der Waals surface area contributed by atoms with Gasteiger partial charge in [0.05, 0.1) is 12.9 Å². The smallest absolute Gasteiger partial charge is 0.147 e. The van der Waals surface area contributed by atoms with E-state index in [4.69, 9.17) is 4.74 Å². The standard InChI is InChI=1S/C12H19NO3S/c1-13-12(8-9-17(3,14)15)10-4-6-11(16-2)7-5-10/h4-7,12-13H,8-9H2,1-3H3. The van der Waals surface area contributed by atoms with Crippen molar-refractivity contribution in [2.75, 3.05) is 26.2 Å². The third-order valence-electron chi connectivity index (χ3n) is 2.64. The van der Waals surface area contributed by atoms with E-state index in [0.29, 0.717) is 6.42 Å². The van der Waals surface area contributed by atoms with E-state index >= 15 is 0 Å². The lowest BCUT2D eigenvalue weighted by Gasteiger charge is -2.16. The average Bonchev–Trinajstić information content (AvgIpc) is 2.29. The van der Waals surface area contributed by atoms with Crippen LogP contribution in [0, 0.1) is 0 Å². The van der Waals surface area contributed by atoms with Gasteiger partial charge in [0.15, 0.2) is 0 Å². The maximum atomic E-state index is 11.1. The molecule has 0 fully saturated rings. The van der Waals surface area contributed by atoms with E-state index in [1.807, 2.05) is 31.3 Å². The molecular weight excluding hydrogens is 238 g/mol. The summed E-state index contributed by atoms with van der Waals surface area (Å²) in [6.45, 7) is 0. The Labute approximate surface area is 103 Å². The van der Waals surface area contributed by atoms with Gasteiger partial charge in [-0.1, -0.05) is 12.1 Å². The lowest BCUT2D eigenvalue weighted by molar-refractivity contribution is 0.414. The molecule has 1 aromatic rings. The molecule has 0 bridgehead atoms. The maximum absolute atomic E-state index is 11.1. The lowest BCUT2D eigenvalue weighted by atomic mass is 10.0. The van der Waals surface area contributed by atoms with E-state index in [2.05, 4.69) is 5.32 Å². The van der Waals surface area contributed by atoms with Crippen molar-refractivity contribution < 1.29 is 13.2 Å². The van der Waals surface area contributed by atoms with Gasteiger partial charge in [0, 0.05) is 12.3 Å². The minimum Gasteiger partial charge on any atom is -0.497 e. The predicted octanol–water partition coefficient (Wildman–Crippen LogP) is 1.39. The van der Waals surface area contributed by atoms with E-state index < -0.39 is 9.84 Å². The van der Waals surface area contributed by atoms with Gasteiger partial charge in [-0.25, -0.2) is 8.42 Å². The molecular formula is C12H19NO3S. The van der Waals surface area contributed by atoms with Crippen LogP contribution in [0.3, 0.4) is 0 Å². The summed E-state index contributed by atoms with van der Waals surface area (Å²) >= 11 is 0. The molecule has 1 unspecified atom stereocenters. The Morgan fingerprint density at radius 2 is 1.88 bits per heavy atom. The van der Waals surface area contributed by atoms with E-state index in [1.165, 1.54) is 6.26 Å². The molecule has 4 nitrogen and oxygen atoms in total. The number of hydrogen-bond donors (Lipinski definition) is 1. The molecule has 0 radical (unpaired) electrons. The number of nitrogens with one attached hydrogen (secondary N) is 1. The van der Waals surface area contributed by atoms with Gasteiger partial charge in [-0.05, 0) is 31.2 Å². The van der Waals surface area contributed by atoms with Crippen molar-refractivity contribution >= 4 is 9.84 Å². The van der Waals surface area contributed by atoms with Gasteiger partial charge in [0.1, 0.15) is 15.6 Å². The molecule has 96 valence electrons. The van der Waals surface area contributed by atoms with Crippen LogP contribution in [-0.2, 0) is 9.84 Å². The monoisotopic (exact) mass is 257 g/mol. The first-order chi connectivity index (χ1) is 7.96. The first-order valence-corrected chi connectivity index (χ1v) is 7.51. The SMILES string of the molecule is CNC(CCS(C)(=O)=O)c1ccc(OC)cc1. The summed E-state index contributed by atoms with van der Waals surface area (Å²) < 4.78 is 27.4. The van der Waals surface area contributed by atoms with Crippen molar-refractivity contribution in [2.24, 2.45) is 0 Å². The molecule has 0 saturated heterocycles. The Morgan fingerprint density at radius 3 is 2.29 bits per heavy atom. The molecule has 0 saturated carbocycles. The van der Waals surface area contributed by atoms with Crippen molar-refractivity contribution in [3.63, 3.8) is 0 Å². The number of rotatable bonds is 6. The average molecular weight is 257 g/mol. The molecule has 0 aliphatic carbocycles. The Balaban J connectivity index is 2.72. The van der Waals surface area contributed by atoms with E-state index in [9.17, 15) is 8.42 Å². The number of sulfone groups is 1. The summed E-state index contributed by atoms with van der Waals surface area (Å²) in [7, 11) is 0.535. The molecule has 0 heterocycles. The number of hydrogen-bond acceptors (Lipinski definition) is 4. The van der Waals surface area contributed by atoms with Gasteiger partial charge < -0.3 is 10.1 Å². The van der Waals surface area contributed by atoms with Crippen LogP contribution in [0.1, 0.15) is 18.0 Å². The Hall–Kier alpha value is -1.07. The Kier molecular flexibility index (Phi) is 4.96. The van der Waals surface area contributed by atoms with E-state index in [0.717, 1.165) is 11.3 Å². The highest BCUT2D eigenvalue weighted by Crippen LogP contribution is 2.20. The minimum absolute atomic E-state index is 0.0515. The Morgan fingerprint density at radius 1 is 1.29 bits per heavy atom. The van der Waals surface area contributed by atoms with Crippen LogP contribution in [0.25, 0.3) is 0 Å². The fourth-order valence-electron chi connectivity index (χ4n) is 1.65. The molecule has 17 heavy (non-hydrogen) atoms. The minimum atomic E-state index is -2.91. The summed E-state index contributed by atoms with van der Waals surface area (Å²) in [6, 6.07) is 7.70. The van der Waals surface area contributed by atoms with Gasteiger partial charge >= 0.3 is 0 Å². The second-order valence-electron chi connectivity index (χ2n) is 4.03. The van der Waals surface area contributed by atoms with Gasteiger partial charge in [-0.2, -0.15) is 0 Å². The van der Waals surface area contributed by atoms with Gasteiger partial charge in [0.2, 0.25) is 0 Å². The fourth-order valence-corrected chi connectivity index (χ4v) is 2.31. The molecule has 0 aliphatic rings. The molecule has 0 spiro atoms. The van der Waals surface area contributed by atoms with Gasteiger partial charge in [-0.3, -0.25) is 0 Å². The summed E-state index contributed by atoms with van der Waals surface area (Å²) in [6.07, 6.45) is 1.83. The first kappa shape index (κ1) is 14.0. The van der Waals surface area contributed by atoms with Crippen LogP contribution < -0.4 is 10.1 Å². The summed E-state index contributed by atoms with van der Waals surface area (Å²) in [4.78, 5) is 0. The quantitative estimate of drug-likeness (QED) is 0.836. The molecule has 5 heteroatoms. The highest BCUT2D eigenvalue weighted by Gasteiger charge is 2.12. The third kappa shape index (κ3) is 4.75. The molecule has 0 amide bonds. The first-order valence-electron chi connectivity index (χ1n) is 5.45. The van der Waals surface area contributed by atoms with Gasteiger partial charge in [0.25, 0.3) is 0 Å². The van der Waals surface area contributed by atoms with Crippen molar-refractivity contribution in [1.82, 2.24) is 5.32 Å². The van der Waals surface area contributed by atoms with Crippen LogP contribution in [0.2, 0.25) is 0 Å². The topological polar surface area (TPSA) is 55.4 Å². The zero-order valence-electron chi connectivity index (χ0n) is 10.4. The van der Waals surface area contributed by atoms with Crippen LogP contribution >= 0.6 is 0 Å². The van der Waals surface area contributed by atoms with Crippen molar-refractivity contribution in [3.8, 4) is 5.75 Å². The van der Waals surface area contributed by atoms with E-state index in [-0.39, 0.29) is 11.8 Å². The van der Waals surface area contributed by atoms with E-state index in [1.54, 1.807) is 7.11 Å². The van der Waals surface area contributed by atoms with Gasteiger partial charge in [-0.15, -0.1) is 0 Å². The molecule has 1 rings (SSSR count). The molecule has 1 N–H and O–H groups in total. The zero-order chi connectivity index (χ0) is 12.9. The highest BCUT2D eigenvalue weighted by atomic mass is 32.2. The lowest BCUT2D eigenvalue weighted by Crippen LogP contribution is -2.19. The Bertz CT molecular complexity index is 439. The second kappa shape index (κ2) is 6.02. The number of methoxy groups -OCH3 is 1. The van der Waals surface area contributed by atoms with Crippen molar-refractivity contribution in [1.29, 1.82) is 0 Å². The van der Waals surface area contributed by atoms with Crippen LogP contribution in [-0.4, -0.2) is 34.6 Å². The van der Waals surface area contributed by atoms with Crippen LogP contribution in [0.5, 0.6) is 5.75 Å². The zero-order valence-corrected chi connectivity index (χ0v) is 11.3. The number of benzene rings is 1. The predicted molar refractivity (Wildman–Crippen MR) is 69.1 cm³/mol. The fraction of sp³-hybridized carbons (Fsp3) is 0.500.